The van der Waals surface area contributed by atoms with Crippen LogP contribution in [-0.4, -0.2) is 41.1 Å². The Kier molecular flexibility index (Phi) is 12.8. The van der Waals surface area contributed by atoms with Gasteiger partial charge in [-0.05, 0) is 12.8 Å². The number of piperidine rings is 1. The molecule has 1 aliphatic rings. The van der Waals surface area contributed by atoms with Gasteiger partial charge in [-0.25, -0.2) is 4.79 Å². The molecule has 0 aromatic carbocycles. The van der Waals surface area contributed by atoms with E-state index in [1.807, 2.05) is 0 Å². The van der Waals surface area contributed by atoms with Gasteiger partial charge in [0, 0.05) is 12.8 Å². The second-order valence-electron chi connectivity index (χ2n) is 8.02. The molecule has 1 rings (SSSR count). The number of hydroxylamine groups is 2. The van der Waals surface area contributed by atoms with Gasteiger partial charge in [0.15, 0.2) is 5.25 Å². The summed E-state index contributed by atoms with van der Waals surface area (Å²) in [5, 5.41) is -1.58. The number of imide groups is 1. The largest absolute Gasteiger partial charge is 0.333 e. The van der Waals surface area contributed by atoms with Crippen LogP contribution in [0.2, 0.25) is 0 Å². The molecule has 0 bridgehead atoms. The van der Waals surface area contributed by atoms with Gasteiger partial charge in [0.05, 0.1) is 0 Å². The molecule has 1 aliphatic heterocycles. The molecule has 1 fully saturated rings. The minimum absolute atomic E-state index is 0.0470. The summed E-state index contributed by atoms with van der Waals surface area (Å²) < 4.78 is 31.5. The molecule has 0 radical (unpaired) electrons. The van der Waals surface area contributed by atoms with Crippen molar-refractivity contribution >= 4 is 27.9 Å². The molecule has 0 spiro atoms. The standard InChI is InChI=1S/C21H37NO7S/c1-2-3-4-5-6-7-8-9-10-11-12-13-14-15-20(24)29-22-19(23)17-16-18(21(22)25)30(26,27)28/h18H,2-17H2,1H3,(H,26,27,28). The number of unbranched alkanes of at least 4 members (excludes halogenated alkanes) is 12. The quantitative estimate of drug-likeness (QED) is 0.212. The molecule has 1 atom stereocenters. The average molecular weight is 448 g/mol. The highest BCUT2D eigenvalue weighted by atomic mass is 32.2. The lowest BCUT2D eigenvalue weighted by molar-refractivity contribution is -0.205. The van der Waals surface area contributed by atoms with Crippen molar-refractivity contribution in [3.05, 3.63) is 0 Å². The Hall–Kier alpha value is -1.48. The van der Waals surface area contributed by atoms with Crippen molar-refractivity contribution in [2.45, 2.75) is 115 Å². The predicted octanol–water partition coefficient (Wildman–Crippen LogP) is 4.33. The summed E-state index contributed by atoms with van der Waals surface area (Å²) in [5.41, 5.74) is 0. The van der Waals surface area contributed by atoms with Crippen LogP contribution in [-0.2, 0) is 29.3 Å². The highest BCUT2D eigenvalue weighted by Gasteiger charge is 2.43. The Morgan fingerprint density at radius 2 is 1.40 bits per heavy atom. The van der Waals surface area contributed by atoms with E-state index >= 15 is 0 Å². The smallest absolute Gasteiger partial charge is 0.330 e. The SMILES string of the molecule is CCCCCCCCCCCCCCCC(=O)ON1C(=O)CCC(S(=O)(=O)O)C1=O. The second-order valence-corrected chi connectivity index (χ2v) is 9.62. The summed E-state index contributed by atoms with van der Waals surface area (Å²) in [4.78, 5) is 40.4. The summed E-state index contributed by atoms with van der Waals surface area (Å²) in [6.07, 6.45) is 14.6. The van der Waals surface area contributed by atoms with Crippen molar-refractivity contribution in [1.29, 1.82) is 0 Å². The second kappa shape index (κ2) is 14.5. The Balaban J connectivity index is 2.09. The minimum atomic E-state index is -4.64. The van der Waals surface area contributed by atoms with Gasteiger partial charge in [-0.3, -0.25) is 14.1 Å². The maximum Gasteiger partial charge on any atom is 0.333 e. The topological polar surface area (TPSA) is 118 Å². The van der Waals surface area contributed by atoms with Crippen molar-refractivity contribution in [1.82, 2.24) is 5.06 Å². The summed E-state index contributed by atoms with van der Waals surface area (Å²) in [5.74, 6) is -2.75. The van der Waals surface area contributed by atoms with Gasteiger partial charge >= 0.3 is 5.97 Å². The van der Waals surface area contributed by atoms with E-state index in [1.165, 1.54) is 57.8 Å². The number of nitrogens with zero attached hydrogens (tertiary/aromatic N) is 1. The Bertz CT molecular complexity index is 648. The molecule has 30 heavy (non-hydrogen) atoms. The highest BCUT2D eigenvalue weighted by molar-refractivity contribution is 7.87. The molecule has 1 N–H and O–H groups in total. The third kappa shape index (κ3) is 10.5. The van der Waals surface area contributed by atoms with Crippen molar-refractivity contribution in [2.24, 2.45) is 0 Å². The number of hydrogen-bond donors (Lipinski definition) is 1. The zero-order valence-corrected chi connectivity index (χ0v) is 19.0. The van der Waals surface area contributed by atoms with Gasteiger partial charge in [-0.2, -0.15) is 8.42 Å². The fraction of sp³-hybridized carbons (Fsp3) is 0.857. The monoisotopic (exact) mass is 447 g/mol. The summed E-state index contributed by atoms with van der Waals surface area (Å²) in [7, 11) is -4.64. The summed E-state index contributed by atoms with van der Waals surface area (Å²) in [6, 6.07) is 0. The maximum atomic E-state index is 12.0. The zero-order chi connectivity index (χ0) is 22.4. The van der Waals surface area contributed by atoms with Crippen LogP contribution in [0.15, 0.2) is 0 Å². The van der Waals surface area contributed by atoms with Gasteiger partial charge < -0.3 is 4.84 Å². The van der Waals surface area contributed by atoms with Gasteiger partial charge in [0.1, 0.15) is 0 Å². The lowest BCUT2D eigenvalue weighted by atomic mass is 10.0. The van der Waals surface area contributed by atoms with E-state index in [0.29, 0.717) is 6.42 Å². The van der Waals surface area contributed by atoms with E-state index in [-0.39, 0.29) is 24.3 Å². The average Bonchev–Trinajstić information content (AvgIpc) is 2.67. The first-order valence-electron chi connectivity index (χ1n) is 11.3. The van der Waals surface area contributed by atoms with Crippen molar-refractivity contribution in [3.63, 3.8) is 0 Å². The van der Waals surface area contributed by atoms with Gasteiger partial charge in [0.25, 0.3) is 21.9 Å². The van der Waals surface area contributed by atoms with Gasteiger partial charge in [0.2, 0.25) is 0 Å². The zero-order valence-electron chi connectivity index (χ0n) is 18.1. The molecule has 1 unspecified atom stereocenters. The fourth-order valence-electron chi connectivity index (χ4n) is 3.54. The normalized spacial score (nSPS) is 17.4. The van der Waals surface area contributed by atoms with E-state index in [0.717, 1.165) is 19.3 Å². The third-order valence-electron chi connectivity index (χ3n) is 5.36. The van der Waals surface area contributed by atoms with Crippen LogP contribution in [0.1, 0.15) is 110 Å². The first-order chi connectivity index (χ1) is 14.3. The van der Waals surface area contributed by atoms with E-state index in [9.17, 15) is 22.8 Å². The van der Waals surface area contributed by atoms with Crippen LogP contribution >= 0.6 is 0 Å². The lowest BCUT2D eigenvalue weighted by Gasteiger charge is -2.27. The van der Waals surface area contributed by atoms with E-state index in [1.54, 1.807) is 0 Å². The Morgan fingerprint density at radius 1 is 0.933 bits per heavy atom. The number of hydrogen-bond acceptors (Lipinski definition) is 6. The Labute approximate surface area is 180 Å². The third-order valence-corrected chi connectivity index (χ3v) is 6.52. The summed E-state index contributed by atoms with van der Waals surface area (Å²) >= 11 is 0. The van der Waals surface area contributed by atoms with Gasteiger partial charge in [-0.15, -0.1) is 5.06 Å². The van der Waals surface area contributed by atoms with Crippen LogP contribution in [0.3, 0.4) is 0 Å². The summed E-state index contributed by atoms with van der Waals surface area (Å²) in [6.45, 7) is 2.22. The number of carbonyl (C=O) groups excluding carboxylic acids is 3. The predicted molar refractivity (Wildman–Crippen MR) is 113 cm³/mol. The van der Waals surface area contributed by atoms with E-state index in [2.05, 4.69) is 6.92 Å². The first kappa shape index (κ1) is 26.6. The van der Waals surface area contributed by atoms with Crippen LogP contribution in [0.25, 0.3) is 0 Å². The van der Waals surface area contributed by atoms with Crippen molar-refractivity contribution < 1.29 is 32.2 Å². The molecule has 0 aliphatic carbocycles. The minimum Gasteiger partial charge on any atom is -0.330 e. The highest BCUT2D eigenvalue weighted by Crippen LogP contribution is 2.20. The molecule has 0 aromatic rings. The van der Waals surface area contributed by atoms with E-state index in [4.69, 9.17) is 9.39 Å². The van der Waals surface area contributed by atoms with Crippen molar-refractivity contribution in [2.75, 3.05) is 0 Å². The lowest BCUT2D eigenvalue weighted by Crippen LogP contribution is -2.51. The molecule has 0 aromatic heterocycles. The van der Waals surface area contributed by atoms with Crippen LogP contribution in [0, 0.1) is 0 Å². The molecule has 174 valence electrons. The van der Waals surface area contributed by atoms with Crippen LogP contribution < -0.4 is 0 Å². The Morgan fingerprint density at radius 3 is 1.87 bits per heavy atom. The molecule has 0 saturated carbocycles. The number of carbonyl (C=O) groups is 3. The van der Waals surface area contributed by atoms with Crippen molar-refractivity contribution in [3.8, 4) is 0 Å². The van der Waals surface area contributed by atoms with Crippen LogP contribution in [0.5, 0.6) is 0 Å². The molecular formula is C21H37NO7S. The van der Waals surface area contributed by atoms with Gasteiger partial charge in [-0.1, -0.05) is 84.0 Å². The van der Waals surface area contributed by atoms with Crippen LogP contribution in [0.4, 0.5) is 0 Å². The fourth-order valence-corrected chi connectivity index (χ4v) is 4.31. The molecule has 2 amide bonds. The maximum absolute atomic E-state index is 12.0. The first-order valence-corrected chi connectivity index (χ1v) is 12.8. The number of rotatable bonds is 16. The van der Waals surface area contributed by atoms with E-state index < -0.39 is 33.2 Å². The molecule has 8 nitrogen and oxygen atoms in total. The number of amides is 2. The molecular weight excluding hydrogens is 410 g/mol. The molecule has 1 saturated heterocycles. The molecule has 9 heteroatoms. The molecule has 1 heterocycles.